The number of ether oxygens (including phenoxy) is 1. The topological polar surface area (TPSA) is 46.6 Å². The lowest BCUT2D eigenvalue weighted by molar-refractivity contribution is -0.139. The lowest BCUT2D eigenvalue weighted by Crippen LogP contribution is -2.37. The summed E-state index contributed by atoms with van der Waals surface area (Å²) in [6, 6.07) is 19.3. The van der Waals surface area contributed by atoms with E-state index in [0.29, 0.717) is 11.4 Å². The Morgan fingerprint density at radius 1 is 1.08 bits per heavy atom. The number of hydrogen-bond acceptors (Lipinski definition) is 4. The first kappa shape index (κ1) is 17.2. The molecule has 0 unspecified atom stereocenters. The van der Waals surface area contributed by atoms with Crippen LogP contribution in [0.25, 0.3) is 10.1 Å². The van der Waals surface area contributed by atoms with Gasteiger partial charge in [0.2, 0.25) is 0 Å². The van der Waals surface area contributed by atoms with Gasteiger partial charge in [-0.2, -0.15) is 0 Å². The van der Waals surface area contributed by atoms with Crippen LogP contribution in [0.3, 0.4) is 0 Å². The SMILES string of the molecule is C[C@H](OC(=O)c1cc2ccccc2s1)C(=O)N(C)Cc1ccccc1. The molecule has 1 atom stereocenters. The van der Waals surface area contributed by atoms with E-state index in [0.717, 1.165) is 15.6 Å². The van der Waals surface area contributed by atoms with E-state index in [1.165, 1.54) is 11.3 Å². The summed E-state index contributed by atoms with van der Waals surface area (Å²) in [5.41, 5.74) is 1.03. The predicted molar refractivity (Wildman–Crippen MR) is 99.6 cm³/mol. The lowest BCUT2D eigenvalue weighted by atomic mass is 10.2. The van der Waals surface area contributed by atoms with E-state index in [-0.39, 0.29) is 5.91 Å². The van der Waals surface area contributed by atoms with Gasteiger partial charge in [-0.3, -0.25) is 4.79 Å². The number of rotatable bonds is 5. The Hall–Kier alpha value is -2.66. The number of hydrogen-bond donors (Lipinski definition) is 0. The molecule has 0 N–H and O–H groups in total. The number of carbonyl (C=O) groups excluding carboxylic acids is 2. The Kier molecular flexibility index (Phi) is 5.14. The molecule has 0 aliphatic rings. The molecule has 1 amide bonds. The molecule has 0 saturated heterocycles. The number of amides is 1. The number of fused-ring (bicyclic) bond motifs is 1. The first-order valence-electron chi connectivity index (χ1n) is 8.03. The van der Waals surface area contributed by atoms with Crippen LogP contribution in [0.15, 0.2) is 60.7 Å². The number of benzene rings is 2. The van der Waals surface area contributed by atoms with E-state index < -0.39 is 12.1 Å². The average molecular weight is 353 g/mol. The zero-order valence-electron chi connectivity index (χ0n) is 14.1. The van der Waals surface area contributed by atoms with Crippen LogP contribution in [0.1, 0.15) is 22.2 Å². The monoisotopic (exact) mass is 353 g/mol. The van der Waals surface area contributed by atoms with E-state index in [2.05, 4.69) is 0 Å². The quantitative estimate of drug-likeness (QED) is 0.649. The van der Waals surface area contributed by atoms with Gasteiger partial charge in [0.05, 0.1) is 0 Å². The Labute approximate surface area is 150 Å². The van der Waals surface area contributed by atoms with Gasteiger partial charge in [0, 0.05) is 18.3 Å². The molecule has 2 aromatic carbocycles. The molecule has 1 aromatic heterocycles. The van der Waals surface area contributed by atoms with Crippen molar-refractivity contribution in [1.29, 1.82) is 0 Å². The van der Waals surface area contributed by atoms with Gasteiger partial charge in [0.1, 0.15) is 4.88 Å². The summed E-state index contributed by atoms with van der Waals surface area (Å²) in [6.07, 6.45) is -0.827. The predicted octanol–water partition coefficient (Wildman–Crippen LogP) is 4.11. The van der Waals surface area contributed by atoms with Crippen molar-refractivity contribution in [3.63, 3.8) is 0 Å². The van der Waals surface area contributed by atoms with Crippen LogP contribution in [0.2, 0.25) is 0 Å². The van der Waals surface area contributed by atoms with E-state index in [1.54, 1.807) is 24.9 Å². The lowest BCUT2D eigenvalue weighted by Gasteiger charge is -2.21. The molecule has 4 nitrogen and oxygen atoms in total. The third-order valence-corrected chi connectivity index (χ3v) is 4.99. The molecule has 25 heavy (non-hydrogen) atoms. The minimum atomic E-state index is -0.827. The van der Waals surface area contributed by atoms with Crippen LogP contribution in [-0.4, -0.2) is 29.9 Å². The van der Waals surface area contributed by atoms with Crippen molar-refractivity contribution >= 4 is 33.3 Å². The largest absolute Gasteiger partial charge is 0.448 e. The zero-order chi connectivity index (χ0) is 17.8. The fourth-order valence-electron chi connectivity index (χ4n) is 2.60. The van der Waals surface area contributed by atoms with Crippen molar-refractivity contribution in [3.8, 4) is 0 Å². The van der Waals surface area contributed by atoms with Gasteiger partial charge in [-0.05, 0) is 30.0 Å². The standard InChI is InChI=1S/C20H19NO3S/c1-14(19(22)21(2)13-15-8-4-3-5-9-15)24-20(23)18-12-16-10-6-7-11-17(16)25-18/h3-12,14H,13H2,1-2H3/t14-/m0/s1. The van der Waals surface area contributed by atoms with Gasteiger partial charge < -0.3 is 9.64 Å². The maximum absolute atomic E-state index is 12.4. The maximum atomic E-state index is 12.4. The third-order valence-electron chi connectivity index (χ3n) is 3.90. The van der Waals surface area contributed by atoms with Gasteiger partial charge >= 0.3 is 5.97 Å². The summed E-state index contributed by atoms with van der Waals surface area (Å²) >= 11 is 1.37. The van der Waals surface area contributed by atoms with Crippen molar-refractivity contribution in [2.75, 3.05) is 7.05 Å². The van der Waals surface area contributed by atoms with Crippen LogP contribution in [0.4, 0.5) is 0 Å². The maximum Gasteiger partial charge on any atom is 0.349 e. The van der Waals surface area contributed by atoms with E-state index >= 15 is 0 Å². The molecule has 1 heterocycles. The number of carbonyl (C=O) groups is 2. The van der Waals surface area contributed by atoms with Crippen molar-refractivity contribution in [1.82, 2.24) is 4.90 Å². The fraction of sp³-hybridized carbons (Fsp3) is 0.200. The molecule has 0 spiro atoms. The van der Waals surface area contributed by atoms with Crippen molar-refractivity contribution in [2.45, 2.75) is 19.6 Å². The second-order valence-corrected chi connectivity index (χ2v) is 6.96. The number of thiophene rings is 1. The summed E-state index contributed by atoms with van der Waals surface area (Å²) in [5, 5.41) is 1.000. The molecular formula is C20H19NO3S. The van der Waals surface area contributed by atoms with Gasteiger partial charge in [0.25, 0.3) is 5.91 Å². The fourth-order valence-corrected chi connectivity index (χ4v) is 3.54. The van der Waals surface area contributed by atoms with Crippen molar-refractivity contribution in [3.05, 3.63) is 71.1 Å². The molecule has 3 aromatic rings. The third kappa shape index (κ3) is 4.06. The Bertz CT molecular complexity index is 855. The highest BCUT2D eigenvalue weighted by atomic mass is 32.1. The summed E-state index contributed by atoms with van der Waals surface area (Å²) in [6.45, 7) is 2.08. The van der Waals surface area contributed by atoms with Crippen molar-refractivity contribution < 1.29 is 14.3 Å². The van der Waals surface area contributed by atoms with Crippen molar-refractivity contribution in [2.24, 2.45) is 0 Å². The Morgan fingerprint density at radius 3 is 2.48 bits per heavy atom. The van der Waals surface area contributed by atoms with Gasteiger partial charge in [-0.15, -0.1) is 11.3 Å². The van der Waals surface area contributed by atoms with E-state index in [9.17, 15) is 9.59 Å². The van der Waals surface area contributed by atoms with Crippen LogP contribution >= 0.6 is 11.3 Å². The molecule has 128 valence electrons. The van der Waals surface area contributed by atoms with E-state index in [1.807, 2.05) is 54.6 Å². The Balaban J connectivity index is 1.63. The van der Waals surface area contributed by atoms with Gasteiger partial charge in [-0.25, -0.2) is 4.79 Å². The highest BCUT2D eigenvalue weighted by Gasteiger charge is 2.23. The van der Waals surface area contributed by atoms with E-state index in [4.69, 9.17) is 4.74 Å². The molecule has 0 bridgehead atoms. The molecule has 0 saturated carbocycles. The molecule has 0 aliphatic carbocycles. The zero-order valence-corrected chi connectivity index (χ0v) is 15.0. The van der Waals surface area contributed by atoms with Crippen LogP contribution < -0.4 is 0 Å². The molecule has 0 aliphatic heterocycles. The minimum absolute atomic E-state index is 0.224. The van der Waals surface area contributed by atoms with Gasteiger partial charge in [-0.1, -0.05) is 48.5 Å². The summed E-state index contributed by atoms with van der Waals surface area (Å²) in [4.78, 5) is 26.8. The normalized spacial score (nSPS) is 11.9. The Morgan fingerprint density at radius 2 is 1.76 bits per heavy atom. The highest BCUT2D eigenvalue weighted by molar-refractivity contribution is 7.20. The molecule has 3 rings (SSSR count). The summed E-state index contributed by atoms with van der Waals surface area (Å²) in [5.74, 6) is -0.687. The first-order chi connectivity index (χ1) is 12.0. The smallest absolute Gasteiger partial charge is 0.349 e. The minimum Gasteiger partial charge on any atom is -0.448 e. The molecular weight excluding hydrogens is 334 g/mol. The summed E-state index contributed by atoms with van der Waals surface area (Å²) in [7, 11) is 1.71. The van der Waals surface area contributed by atoms with Crippen LogP contribution in [-0.2, 0) is 16.1 Å². The van der Waals surface area contributed by atoms with Crippen LogP contribution in [0.5, 0.6) is 0 Å². The van der Waals surface area contributed by atoms with Gasteiger partial charge in [0.15, 0.2) is 6.10 Å². The molecule has 5 heteroatoms. The summed E-state index contributed by atoms with van der Waals surface area (Å²) < 4.78 is 6.39. The molecule has 0 fully saturated rings. The number of esters is 1. The second-order valence-electron chi connectivity index (χ2n) is 5.88. The average Bonchev–Trinajstić information content (AvgIpc) is 3.06. The highest BCUT2D eigenvalue weighted by Crippen LogP contribution is 2.26. The first-order valence-corrected chi connectivity index (χ1v) is 8.84. The number of nitrogens with zero attached hydrogens (tertiary/aromatic N) is 1. The molecule has 0 radical (unpaired) electrons. The van der Waals surface area contributed by atoms with Crippen LogP contribution in [0, 0.1) is 0 Å². The number of likely N-dealkylation sites (N-methyl/N-ethyl adjacent to an activating group) is 1. The second kappa shape index (κ2) is 7.49.